The molecule has 0 saturated carbocycles. The Hall–Kier alpha value is -4.46. The first-order valence-electron chi connectivity index (χ1n) is 11.2. The number of aromatic nitrogens is 2. The van der Waals surface area contributed by atoms with Gasteiger partial charge in [0.25, 0.3) is 11.6 Å². The molecule has 11 heteroatoms. The molecular weight excluding hydrogens is 453 g/mol. The zero-order valence-corrected chi connectivity index (χ0v) is 18.9. The van der Waals surface area contributed by atoms with E-state index in [2.05, 4.69) is 21.4 Å². The lowest BCUT2D eigenvalue weighted by Crippen LogP contribution is -2.28. The second kappa shape index (κ2) is 10.2. The van der Waals surface area contributed by atoms with Crippen LogP contribution in [0.25, 0.3) is 5.69 Å². The summed E-state index contributed by atoms with van der Waals surface area (Å²) in [5, 5.41) is 28.0. The molecule has 1 aliphatic rings. The Bertz CT molecular complexity index is 1290. The Kier molecular flexibility index (Phi) is 6.91. The molecule has 35 heavy (non-hydrogen) atoms. The second-order valence-corrected chi connectivity index (χ2v) is 8.22. The molecular formula is C24H24FN7O3. The third kappa shape index (κ3) is 5.06. The highest BCUT2D eigenvalue weighted by Crippen LogP contribution is 2.28. The van der Waals surface area contributed by atoms with E-state index in [1.54, 1.807) is 6.07 Å². The summed E-state index contributed by atoms with van der Waals surface area (Å²) in [4.78, 5) is 25.7. The van der Waals surface area contributed by atoms with Crippen molar-refractivity contribution in [2.75, 3.05) is 30.3 Å². The van der Waals surface area contributed by atoms with Gasteiger partial charge in [-0.3, -0.25) is 14.9 Å². The molecule has 1 fully saturated rings. The summed E-state index contributed by atoms with van der Waals surface area (Å²) in [7, 11) is 0. The van der Waals surface area contributed by atoms with E-state index in [1.165, 1.54) is 41.1 Å². The largest absolute Gasteiger partial charge is 0.382 e. The van der Waals surface area contributed by atoms with E-state index in [0.29, 0.717) is 29.9 Å². The fourth-order valence-electron chi connectivity index (χ4n) is 4.16. The molecule has 3 aromatic rings. The third-order valence-electron chi connectivity index (χ3n) is 5.93. The van der Waals surface area contributed by atoms with Gasteiger partial charge in [-0.2, -0.15) is 10.4 Å². The van der Waals surface area contributed by atoms with Gasteiger partial charge in [-0.05, 0) is 56.0 Å². The number of carbonyl (C=O) groups is 1. The summed E-state index contributed by atoms with van der Waals surface area (Å²) in [6.07, 6.45) is 2.85. The topological polar surface area (TPSA) is 143 Å². The smallest absolute Gasteiger partial charge is 0.270 e. The molecule has 1 aliphatic heterocycles. The van der Waals surface area contributed by atoms with Gasteiger partial charge in [-0.1, -0.05) is 0 Å². The van der Waals surface area contributed by atoms with Crippen LogP contribution in [0.3, 0.4) is 0 Å². The minimum Gasteiger partial charge on any atom is -0.382 e. The number of hydrogen-bond acceptors (Lipinski definition) is 7. The van der Waals surface area contributed by atoms with Crippen LogP contribution >= 0.6 is 0 Å². The Labute approximate surface area is 200 Å². The maximum Gasteiger partial charge on any atom is 0.270 e. The van der Waals surface area contributed by atoms with Crippen LogP contribution in [0.4, 0.5) is 21.6 Å². The van der Waals surface area contributed by atoms with Gasteiger partial charge in [-0.25, -0.2) is 9.07 Å². The quantitative estimate of drug-likeness (QED) is 0.288. The van der Waals surface area contributed by atoms with Gasteiger partial charge in [-0.15, -0.1) is 0 Å². The molecule has 0 radical (unpaired) electrons. The lowest BCUT2D eigenvalue weighted by atomic mass is 10.1. The minimum absolute atomic E-state index is 0.140. The zero-order chi connectivity index (χ0) is 24.9. The molecule has 180 valence electrons. The normalized spacial score (nSPS) is 13.0. The lowest BCUT2D eigenvalue weighted by Gasteiger charge is -2.20. The van der Waals surface area contributed by atoms with Crippen LogP contribution in [0.15, 0.2) is 42.5 Å². The van der Waals surface area contributed by atoms with Crippen molar-refractivity contribution in [3.63, 3.8) is 0 Å². The van der Waals surface area contributed by atoms with E-state index < -0.39 is 16.6 Å². The lowest BCUT2D eigenvalue weighted by molar-refractivity contribution is -0.384. The first-order chi connectivity index (χ1) is 16.9. The molecule has 0 spiro atoms. The molecule has 0 aliphatic carbocycles. The summed E-state index contributed by atoms with van der Waals surface area (Å²) in [5.41, 5.74) is 8.12. The fourth-order valence-corrected chi connectivity index (χ4v) is 4.16. The van der Waals surface area contributed by atoms with Gasteiger partial charge in [0.1, 0.15) is 23.3 Å². The number of nitro benzene ring substituents is 1. The van der Waals surface area contributed by atoms with E-state index in [1.807, 2.05) is 0 Å². The highest BCUT2D eigenvalue weighted by Gasteiger charge is 2.23. The van der Waals surface area contributed by atoms with Crippen molar-refractivity contribution in [2.24, 2.45) is 0 Å². The molecule has 3 N–H and O–H groups in total. The predicted molar refractivity (Wildman–Crippen MR) is 128 cm³/mol. The number of nitrogens with one attached hydrogen (secondary N) is 1. The Morgan fingerprint density at radius 1 is 1.23 bits per heavy atom. The second-order valence-electron chi connectivity index (χ2n) is 8.22. The number of benzene rings is 2. The average Bonchev–Trinajstić information content (AvgIpc) is 3.50. The number of nitrogens with zero attached hydrogens (tertiary/aromatic N) is 5. The van der Waals surface area contributed by atoms with Crippen LogP contribution in [0.5, 0.6) is 0 Å². The summed E-state index contributed by atoms with van der Waals surface area (Å²) >= 11 is 0. The van der Waals surface area contributed by atoms with E-state index in [4.69, 9.17) is 5.73 Å². The zero-order valence-electron chi connectivity index (χ0n) is 18.9. The van der Waals surface area contributed by atoms with Crippen molar-refractivity contribution in [2.45, 2.75) is 25.7 Å². The van der Waals surface area contributed by atoms with Gasteiger partial charge in [0, 0.05) is 31.8 Å². The number of aryl methyl sites for hydroxylation is 1. The van der Waals surface area contributed by atoms with Crippen LogP contribution in [0.1, 0.15) is 40.9 Å². The predicted octanol–water partition coefficient (Wildman–Crippen LogP) is 3.34. The molecule has 0 unspecified atom stereocenters. The van der Waals surface area contributed by atoms with Crippen LogP contribution in [0, 0.1) is 27.3 Å². The molecule has 10 nitrogen and oxygen atoms in total. The Balaban J connectivity index is 1.44. The monoisotopic (exact) mass is 477 g/mol. The fraction of sp³-hybridized carbons (Fsp3) is 0.292. The molecule has 1 amide bonds. The molecule has 1 aromatic heterocycles. The number of nitriles is 1. The number of nitrogens with two attached hydrogens (primary N) is 1. The first-order valence-corrected chi connectivity index (χ1v) is 11.2. The summed E-state index contributed by atoms with van der Waals surface area (Å²) < 4.78 is 14.6. The van der Waals surface area contributed by atoms with Gasteiger partial charge in [0.05, 0.1) is 27.6 Å². The Morgan fingerprint density at radius 2 is 1.94 bits per heavy atom. The third-order valence-corrected chi connectivity index (χ3v) is 5.93. The standard InChI is InChI=1S/C24H24FN7O3/c25-16-5-7-17(8-6-16)31-23(27)20(15-26)21(29-31)4-3-11-28-24(33)19-14-18(32(34)35)9-10-22(19)30-12-1-2-13-30/h5-10,14H,1-4,11-13,27H2,(H,28,33). The van der Waals surface area contributed by atoms with Gasteiger partial charge in [0.15, 0.2) is 0 Å². The van der Waals surface area contributed by atoms with Crippen LogP contribution in [0.2, 0.25) is 0 Å². The number of anilines is 2. The van der Waals surface area contributed by atoms with Crippen molar-refractivity contribution >= 4 is 23.1 Å². The van der Waals surface area contributed by atoms with Gasteiger partial charge < -0.3 is 16.0 Å². The molecule has 2 aromatic carbocycles. The van der Waals surface area contributed by atoms with E-state index >= 15 is 0 Å². The van der Waals surface area contributed by atoms with Crippen LogP contribution in [-0.4, -0.2) is 40.2 Å². The number of hydrogen-bond donors (Lipinski definition) is 2. The van der Waals surface area contributed by atoms with Crippen molar-refractivity contribution < 1.29 is 14.1 Å². The number of amides is 1. The molecule has 2 heterocycles. The number of nitrogen functional groups attached to an aromatic ring is 1. The van der Waals surface area contributed by atoms with Crippen molar-refractivity contribution in [1.82, 2.24) is 15.1 Å². The van der Waals surface area contributed by atoms with Crippen molar-refractivity contribution in [3.8, 4) is 11.8 Å². The average molecular weight is 478 g/mol. The molecule has 0 bridgehead atoms. The first kappa shape index (κ1) is 23.7. The van der Waals surface area contributed by atoms with E-state index in [0.717, 1.165) is 25.9 Å². The molecule has 4 rings (SSSR count). The SMILES string of the molecule is N#Cc1c(CCCNC(=O)c2cc([N+](=O)[O-])ccc2N2CCCC2)nn(-c2ccc(F)cc2)c1N. The summed E-state index contributed by atoms with van der Waals surface area (Å²) in [6, 6.07) is 12.0. The van der Waals surface area contributed by atoms with Crippen LogP contribution in [-0.2, 0) is 6.42 Å². The highest BCUT2D eigenvalue weighted by atomic mass is 19.1. The number of halogens is 1. The maximum absolute atomic E-state index is 13.2. The highest BCUT2D eigenvalue weighted by molar-refractivity contribution is 6.00. The van der Waals surface area contributed by atoms with Crippen LogP contribution < -0.4 is 16.0 Å². The van der Waals surface area contributed by atoms with Gasteiger partial charge >= 0.3 is 0 Å². The maximum atomic E-state index is 13.2. The Morgan fingerprint density at radius 3 is 2.60 bits per heavy atom. The number of carbonyl (C=O) groups excluding carboxylic acids is 1. The molecule has 1 saturated heterocycles. The van der Waals surface area contributed by atoms with E-state index in [-0.39, 0.29) is 29.2 Å². The van der Waals surface area contributed by atoms with Crippen molar-refractivity contribution in [3.05, 3.63) is 75.2 Å². The summed E-state index contributed by atoms with van der Waals surface area (Å²) in [6.45, 7) is 1.87. The number of rotatable bonds is 8. The van der Waals surface area contributed by atoms with E-state index in [9.17, 15) is 24.6 Å². The van der Waals surface area contributed by atoms with Crippen molar-refractivity contribution in [1.29, 1.82) is 5.26 Å². The number of non-ortho nitro benzene ring substituents is 1. The number of nitro groups is 1. The summed E-state index contributed by atoms with van der Waals surface area (Å²) in [5.74, 6) is -0.634. The minimum atomic E-state index is -0.518. The molecule has 0 atom stereocenters. The van der Waals surface area contributed by atoms with Gasteiger partial charge in [0.2, 0.25) is 0 Å².